The SMILES string of the molecule is O=c1c2nnn(-c3cccc(Cl)c3)c2ncn1Cc1ccccc1. The number of benzene rings is 2. The summed E-state index contributed by atoms with van der Waals surface area (Å²) in [5.74, 6) is 0. The number of hydrogen-bond donors (Lipinski definition) is 0. The summed E-state index contributed by atoms with van der Waals surface area (Å²) in [6, 6.07) is 16.9. The van der Waals surface area contributed by atoms with E-state index in [1.165, 1.54) is 15.6 Å². The van der Waals surface area contributed by atoms with Crippen LogP contribution in [0.3, 0.4) is 0 Å². The van der Waals surface area contributed by atoms with E-state index in [0.29, 0.717) is 22.9 Å². The molecule has 6 nitrogen and oxygen atoms in total. The standard InChI is InChI=1S/C17H12ClN5O/c18-13-7-4-8-14(9-13)23-16-15(20-21-23)17(24)22(11-19-16)10-12-5-2-1-3-6-12/h1-9,11H,10H2. The molecule has 0 atom stereocenters. The van der Waals surface area contributed by atoms with Crippen LogP contribution in [-0.2, 0) is 6.54 Å². The molecule has 4 rings (SSSR count). The Bertz CT molecular complexity index is 1070. The minimum Gasteiger partial charge on any atom is -0.293 e. The van der Waals surface area contributed by atoms with Crippen molar-refractivity contribution in [2.24, 2.45) is 0 Å². The first-order valence-corrected chi connectivity index (χ1v) is 7.71. The van der Waals surface area contributed by atoms with Crippen molar-refractivity contribution in [2.45, 2.75) is 6.54 Å². The highest BCUT2D eigenvalue weighted by Crippen LogP contribution is 2.16. The van der Waals surface area contributed by atoms with E-state index < -0.39 is 0 Å². The summed E-state index contributed by atoms with van der Waals surface area (Å²) in [7, 11) is 0. The quantitative estimate of drug-likeness (QED) is 0.576. The third-order valence-electron chi connectivity index (χ3n) is 3.68. The van der Waals surface area contributed by atoms with Gasteiger partial charge in [-0.2, -0.15) is 4.68 Å². The Balaban J connectivity index is 1.80. The van der Waals surface area contributed by atoms with Gasteiger partial charge in [0.15, 0.2) is 11.2 Å². The molecule has 2 aromatic carbocycles. The maximum absolute atomic E-state index is 12.6. The van der Waals surface area contributed by atoms with Crippen LogP contribution in [0.5, 0.6) is 0 Å². The smallest absolute Gasteiger partial charge is 0.283 e. The van der Waals surface area contributed by atoms with Crippen molar-refractivity contribution in [3.8, 4) is 5.69 Å². The lowest BCUT2D eigenvalue weighted by molar-refractivity contribution is 0.745. The van der Waals surface area contributed by atoms with Crippen LogP contribution in [0.15, 0.2) is 65.7 Å². The van der Waals surface area contributed by atoms with E-state index in [-0.39, 0.29) is 11.1 Å². The first-order valence-electron chi connectivity index (χ1n) is 7.33. The molecule has 0 N–H and O–H groups in total. The Kier molecular flexibility index (Phi) is 3.59. The monoisotopic (exact) mass is 337 g/mol. The van der Waals surface area contributed by atoms with E-state index in [4.69, 9.17) is 11.6 Å². The number of fused-ring (bicyclic) bond motifs is 1. The number of hydrogen-bond acceptors (Lipinski definition) is 4. The molecule has 0 spiro atoms. The van der Waals surface area contributed by atoms with Gasteiger partial charge in [-0.05, 0) is 23.8 Å². The van der Waals surface area contributed by atoms with Crippen LogP contribution in [0.1, 0.15) is 5.56 Å². The molecule has 0 radical (unpaired) electrons. The molecule has 118 valence electrons. The zero-order valence-electron chi connectivity index (χ0n) is 12.5. The molecular weight excluding hydrogens is 326 g/mol. The summed E-state index contributed by atoms with van der Waals surface area (Å²) in [5, 5.41) is 8.63. The fourth-order valence-electron chi connectivity index (χ4n) is 2.52. The molecule has 0 amide bonds. The summed E-state index contributed by atoms with van der Waals surface area (Å²) in [6.45, 7) is 0.437. The van der Waals surface area contributed by atoms with Gasteiger partial charge in [0.2, 0.25) is 0 Å². The summed E-state index contributed by atoms with van der Waals surface area (Å²) >= 11 is 6.01. The lowest BCUT2D eigenvalue weighted by Gasteiger charge is -2.05. The average Bonchev–Trinajstić information content (AvgIpc) is 3.03. The van der Waals surface area contributed by atoms with Gasteiger partial charge in [-0.1, -0.05) is 53.2 Å². The molecule has 4 aromatic rings. The molecule has 24 heavy (non-hydrogen) atoms. The van der Waals surface area contributed by atoms with Crippen molar-refractivity contribution >= 4 is 22.8 Å². The number of nitrogens with zero attached hydrogens (tertiary/aromatic N) is 5. The van der Waals surface area contributed by atoms with Gasteiger partial charge in [0.05, 0.1) is 12.2 Å². The lowest BCUT2D eigenvalue weighted by atomic mass is 10.2. The van der Waals surface area contributed by atoms with Gasteiger partial charge in [-0.3, -0.25) is 9.36 Å². The molecule has 2 heterocycles. The van der Waals surface area contributed by atoms with E-state index >= 15 is 0 Å². The molecule has 2 aromatic heterocycles. The molecule has 0 unspecified atom stereocenters. The van der Waals surface area contributed by atoms with Gasteiger partial charge >= 0.3 is 0 Å². The predicted molar refractivity (Wildman–Crippen MR) is 91.5 cm³/mol. The van der Waals surface area contributed by atoms with E-state index in [9.17, 15) is 4.79 Å². The maximum atomic E-state index is 12.6. The van der Waals surface area contributed by atoms with Gasteiger partial charge in [-0.25, -0.2) is 4.98 Å². The summed E-state index contributed by atoms with van der Waals surface area (Å²) in [4.78, 5) is 17.0. The summed E-state index contributed by atoms with van der Waals surface area (Å²) in [6.07, 6.45) is 1.52. The number of halogens is 1. The Morgan fingerprint density at radius 3 is 2.67 bits per heavy atom. The second kappa shape index (κ2) is 5.90. The topological polar surface area (TPSA) is 65.6 Å². The van der Waals surface area contributed by atoms with Crippen LogP contribution >= 0.6 is 11.6 Å². The molecule has 0 aliphatic carbocycles. The van der Waals surface area contributed by atoms with Gasteiger partial charge in [0.25, 0.3) is 5.56 Å². The third kappa shape index (κ3) is 2.57. The molecule has 0 fully saturated rings. The van der Waals surface area contributed by atoms with Crippen molar-refractivity contribution in [3.63, 3.8) is 0 Å². The first kappa shape index (κ1) is 14.6. The van der Waals surface area contributed by atoms with E-state index in [1.54, 1.807) is 12.1 Å². The highest BCUT2D eigenvalue weighted by Gasteiger charge is 2.13. The first-order chi connectivity index (χ1) is 11.7. The fourth-order valence-corrected chi connectivity index (χ4v) is 2.70. The second-order valence-electron chi connectivity index (χ2n) is 5.32. The van der Waals surface area contributed by atoms with Gasteiger partial charge in [0, 0.05) is 5.02 Å². The largest absolute Gasteiger partial charge is 0.293 e. The van der Waals surface area contributed by atoms with Crippen LogP contribution in [0.4, 0.5) is 0 Å². The predicted octanol–water partition coefficient (Wildman–Crippen LogP) is 2.68. The molecule has 0 saturated heterocycles. The molecule has 7 heteroatoms. The van der Waals surface area contributed by atoms with Crippen LogP contribution in [0, 0.1) is 0 Å². The normalized spacial score (nSPS) is 11.0. The molecule has 0 saturated carbocycles. The molecule has 0 aliphatic heterocycles. The Morgan fingerprint density at radius 1 is 1.04 bits per heavy atom. The molecule has 0 aliphatic rings. The minimum absolute atomic E-state index is 0.225. The van der Waals surface area contributed by atoms with Crippen molar-refractivity contribution in [1.29, 1.82) is 0 Å². The Morgan fingerprint density at radius 2 is 1.88 bits per heavy atom. The van der Waals surface area contributed by atoms with Crippen LogP contribution in [-0.4, -0.2) is 24.5 Å². The lowest BCUT2D eigenvalue weighted by Crippen LogP contribution is -2.21. The molecular formula is C17H12ClN5O. The Hall–Kier alpha value is -2.99. The number of rotatable bonds is 3. The van der Waals surface area contributed by atoms with E-state index in [2.05, 4.69) is 15.3 Å². The maximum Gasteiger partial charge on any atom is 0.283 e. The highest BCUT2D eigenvalue weighted by molar-refractivity contribution is 6.30. The fraction of sp³-hybridized carbons (Fsp3) is 0.0588. The number of aromatic nitrogens is 5. The Labute approximate surface area is 142 Å². The average molecular weight is 338 g/mol. The van der Waals surface area contributed by atoms with Gasteiger partial charge in [0.1, 0.15) is 6.33 Å². The summed E-state index contributed by atoms with van der Waals surface area (Å²) in [5.41, 5.74) is 2.14. The van der Waals surface area contributed by atoms with Crippen molar-refractivity contribution in [2.75, 3.05) is 0 Å². The highest BCUT2D eigenvalue weighted by atomic mass is 35.5. The van der Waals surface area contributed by atoms with Gasteiger partial charge in [-0.15, -0.1) is 5.10 Å². The van der Waals surface area contributed by atoms with E-state index in [0.717, 1.165) is 5.56 Å². The van der Waals surface area contributed by atoms with Crippen LogP contribution < -0.4 is 5.56 Å². The van der Waals surface area contributed by atoms with Crippen molar-refractivity contribution in [3.05, 3.63) is 81.9 Å². The van der Waals surface area contributed by atoms with Crippen molar-refractivity contribution in [1.82, 2.24) is 24.5 Å². The second-order valence-corrected chi connectivity index (χ2v) is 5.75. The van der Waals surface area contributed by atoms with E-state index in [1.807, 2.05) is 42.5 Å². The van der Waals surface area contributed by atoms with Crippen molar-refractivity contribution < 1.29 is 0 Å². The van der Waals surface area contributed by atoms with Crippen LogP contribution in [0.25, 0.3) is 16.9 Å². The zero-order valence-corrected chi connectivity index (χ0v) is 13.3. The molecule has 0 bridgehead atoms. The van der Waals surface area contributed by atoms with Gasteiger partial charge < -0.3 is 0 Å². The third-order valence-corrected chi connectivity index (χ3v) is 3.91. The zero-order chi connectivity index (χ0) is 16.5. The summed E-state index contributed by atoms with van der Waals surface area (Å²) < 4.78 is 3.03. The van der Waals surface area contributed by atoms with Crippen LogP contribution in [0.2, 0.25) is 5.02 Å². The minimum atomic E-state index is -0.225.